The summed E-state index contributed by atoms with van der Waals surface area (Å²) >= 11 is 12.0. The van der Waals surface area contributed by atoms with Gasteiger partial charge in [0, 0.05) is 28.4 Å². The van der Waals surface area contributed by atoms with Crippen molar-refractivity contribution < 1.29 is 19.4 Å². The molecule has 0 fully saturated rings. The van der Waals surface area contributed by atoms with Gasteiger partial charge in [0.25, 0.3) is 5.91 Å². The van der Waals surface area contributed by atoms with Crippen LogP contribution in [0.15, 0.2) is 36.5 Å². The van der Waals surface area contributed by atoms with Crippen LogP contribution in [0.1, 0.15) is 29.7 Å². The van der Waals surface area contributed by atoms with E-state index in [0.29, 0.717) is 16.5 Å². The molecule has 1 aliphatic carbocycles. The van der Waals surface area contributed by atoms with Crippen molar-refractivity contribution in [2.24, 2.45) is 0 Å². The Morgan fingerprint density at radius 3 is 2.78 bits per heavy atom. The molecule has 0 saturated heterocycles. The molecule has 1 aromatic heterocycles. The average Bonchev–Trinajstić information content (AvgIpc) is 2.67. The van der Waals surface area contributed by atoms with E-state index in [0.717, 1.165) is 5.56 Å². The Morgan fingerprint density at radius 2 is 2.07 bits per heavy atom. The maximum absolute atomic E-state index is 15.6. The second kappa shape index (κ2) is 7.72. The highest BCUT2D eigenvalue weighted by atomic mass is 35.5. The predicted molar refractivity (Wildman–Crippen MR) is 100 cm³/mol. The number of alkyl halides is 1. The molecule has 0 bridgehead atoms. The SMILES string of the molecule is O=C(NCCc1ccc(Cl)cc1Cl)[C@]1(F)CC[C@@](O)(CO)c2ncccc21. The lowest BCUT2D eigenvalue weighted by molar-refractivity contribution is -0.138. The van der Waals surface area contributed by atoms with Crippen molar-refractivity contribution in [2.45, 2.75) is 30.5 Å². The van der Waals surface area contributed by atoms with Crippen molar-refractivity contribution in [1.29, 1.82) is 0 Å². The second-order valence-electron chi connectivity index (χ2n) is 6.63. The summed E-state index contributed by atoms with van der Waals surface area (Å²) in [5, 5.41) is 23.6. The topological polar surface area (TPSA) is 82.5 Å². The molecule has 0 saturated carbocycles. The third kappa shape index (κ3) is 3.80. The molecule has 0 radical (unpaired) electrons. The number of rotatable bonds is 5. The fourth-order valence-electron chi connectivity index (χ4n) is 3.29. The third-order valence-corrected chi connectivity index (χ3v) is 5.46. The number of carbonyl (C=O) groups is 1. The summed E-state index contributed by atoms with van der Waals surface area (Å²) in [5.41, 5.74) is -3.21. The van der Waals surface area contributed by atoms with E-state index >= 15 is 4.39 Å². The van der Waals surface area contributed by atoms with Gasteiger partial charge in [-0.1, -0.05) is 35.3 Å². The van der Waals surface area contributed by atoms with Crippen LogP contribution < -0.4 is 5.32 Å². The standard InChI is InChI=1S/C19H19Cl2FN2O3/c20-13-4-3-12(15(21)10-13)5-9-24-17(26)19(22)7-6-18(27,11-25)16-14(19)2-1-8-23-16/h1-4,8,10,25,27H,5-7,9,11H2,(H,24,26)/t18-,19+/m1/s1. The second-order valence-corrected chi connectivity index (χ2v) is 7.48. The van der Waals surface area contributed by atoms with Gasteiger partial charge in [0.1, 0.15) is 5.60 Å². The van der Waals surface area contributed by atoms with Gasteiger partial charge in [-0.15, -0.1) is 0 Å². The first kappa shape index (κ1) is 20.0. The first-order chi connectivity index (χ1) is 12.8. The molecule has 0 unspecified atom stereocenters. The van der Waals surface area contributed by atoms with E-state index < -0.39 is 23.8 Å². The summed E-state index contributed by atoms with van der Waals surface area (Å²) in [6.07, 6.45) is 1.45. The largest absolute Gasteiger partial charge is 0.393 e. The van der Waals surface area contributed by atoms with Crippen molar-refractivity contribution in [3.05, 3.63) is 63.4 Å². The predicted octanol–water partition coefficient (Wildman–Crippen LogP) is 2.89. The molecule has 3 rings (SSSR count). The number of pyridine rings is 1. The Balaban J connectivity index is 1.75. The quantitative estimate of drug-likeness (QED) is 0.704. The molecular weight excluding hydrogens is 394 g/mol. The van der Waals surface area contributed by atoms with Crippen molar-refractivity contribution in [3.8, 4) is 0 Å². The molecule has 2 atom stereocenters. The molecule has 27 heavy (non-hydrogen) atoms. The van der Waals surface area contributed by atoms with Crippen LogP contribution in [0.5, 0.6) is 0 Å². The van der Waals surface area contributed by atoms with Crippen LogP contribution in [-0.2, 0) is 22.5 Å². The van der Waals surface area contributed by atoms with Crippen LogP contribution in [0.2, 0.25) is 10.0 Å². The highest BCUT2D eigenvalue weighted by Gasteiger charge is 2.51. The highest BCUT2D eigenvalue weighted by Crippen LogP contribution is 2.45. The lowest BCUT2D eigenvalue weighted by Gasteiger charge is -2.38. The highest BCUT2D eigenvalue weighted by molar-refractivity contribution is 6.35. The van der Waals surface area contributed by atoms with Gasteiger partial charge in [0.2, 0.25) is 5.67 Å². The Morgan fingerprint density at radius 1 is 1.30 bits per heavy atom. The number of nitrogens with zero attached hydrogens (tertiary/aromatic N) is 1. The van der Waals surface area contributed by atoms with Crippen LogP contribution in [0.25, 0.3) is 0 Å². The molecule has 0 spiro atoms. The molecular formula is C19H19Cl2FN2O3. The van der Waals surface area contributed by atoms with Crippen LogP contribution in [0.3, 0.4) is 0 Å². The number of hydrogen-bond donors (Lipinski definition) is 3. The Hall–Kier alpha value is -1.73. The molecule has 1 amide bonds. The van der Waals surface area contributed by atoms with Crippen molar-refractivity contribution in [1.82, 2.24) is 10.3 Å². The van der Waals surface area contributed by atoms with Gasteiger partial charge in [-0.05, 0) is 43.0 Å². The Kier molecular flexibility index (Phi) is 5.72. The van der Waals surface area contributed by atoms with E-state index in [4.69, 9.17) is 23.2 Å². The number of aromatic nitrogens is 1. The van der Waals surface area contributed by atoms with Gasteiger partial charge in [-0.25, -0.2) is 4.39 Å². The van der Waals surface area contributed by atoms with Gasteiger partial charge in [-0.3, -0.25) is 9.78 Å². The molecule has 5 nitrogen and oxygen atoms in total. The fraction of sp³-hybridized carbons (Fsp3) is 0.368. The number of carbonyl (C=O) groups excluding carboxylic acids is 1. The van der Waals surface area contributed by atoms with Gasteiger partial charge in [0.05, 0.1) is 12.3 Å². The zero-order valence-electron chi connectivity index (χ0n) is 14.4. The number of hydrogen-bond acceptors (Lipinski definition) is 4. The fourth-order valence-corrected chi connectivity index (χ4v) is 3.80. The van der Waals surface area contributed by atoms with Gasteiger partial charge < -0.3 is 15.5 Å². The summed E-state index contributed by atoms with van der Waals surface area (Å²) < 4.78 is 15.6. The molecule has 2 aromatic rings. The van der Waals surface area contributed by atoms with E-state index in [2.05, 4.69) is 10.3 Å². The Bertz CT molecular complexity index is 867. The van der Waals surface area contributed by atoms with E-state index in [1.54, 1.807) is 18.2 Å². The van der Waals surface area contributed by atoms with Gasteiger partial charge in [-0.2, -0.15) is 0 Å². The maximum atomic E-state index is 15.6. The minimum Gasteiger partial charge on any atom is -0.393 e. The molecule has 8 heteroatoms. The van der Waals surface area contributed by atoms with Crippen molar-refractivity contribution in [3.63, 3.8) is 0 Å². The van der Waals surface area contributed by atoms with Crippen LogP contribution in [0, 0.1) is 0 Å². The summed E-state index contributed by atoms with van der Waals surface area (Å²) in [6.45, 7) is -0.407. The zero-order chi connectivity index (χ0) is 19.7. The number of amides is 1. The van der Waals surface area contributed by atoms with Crippen LogP contribution in [-0.4, -0.2) is 34.3 Å². The van der Waals surface area contributed by atoms with E-state index in [9.17, 15) is 15.0 Å². The lowest BCUT2D eigenvalue weighted by atomic mass is 9.74. The van der Waals surface area contributed by atoms with Gasteiger partial charge >= 0.3 is 0 Å². The average molecular weight is 413 g/mol. The van der Waals surface area contributed by atoms with E-state index in [1.165, 1.54) is 18.3 Å². The maximum Gasteiger partial charge on any atom is 0.262 e. The first-order valence-corrected chi connectivity index (χ1v) is 9.26. The van der Waals surface area contributed by atoms with Crippen molar-refractivity contribution >= 4 is 29.1 Å². The molecule has 0 aliphatic heterocycles. The monoisotopic (exact) mass is 412 g/mol. The first-order valence-electron chi connectivity index (χ1n) is 8.50. The zero-order valence-corrected chi connectivity index (χ0v) is 15.9. The van der Waals surface area contributed by atoms with Crippen LogP contribution in [0.4, 0.5) is 4.39 Å². The molecule has 144 valence electrons. The van der Waals surface area contributed by atoms with Crippen molar-refractivity contribution in [2.75, 3.05) is 13.2 Å². The number of aliphatic hydroxyl groups is 2. The summed E-state index contributed by atoms with van der Waals surface area (Å²) in [6, 6.07) is 7.97. The summed E-state index contributed by atoms with van der Waals surface area (Å²) in [7, 11) is 0. The minimum atomic E-state index is -2.32. The van der Waals surface area contributed by atoms with E-state index in [-0.39, 0.29) is 30.6 Å². The van der Waals surface area contributed by atoms with Gasteiger partial charge in [0.15, 0.2) is 0 Å². The normalized spacial score (nSPS) is 24.3. The lowest BCUT2D eigenvalue weighted by Crippen LogP contribution is -2.49. The minimum absolute atomic E-state index is 0.00264. The number of aliphatic hydroxyl groups excluding tert-OH is 1. The third-order valence-electron chi connectivity index (χ3n) is 4.87. The Labute approximate surface area is 166 Å². The van der Waals surface area contributed by atoms with E-state index in [1.807, 2.05) is 0 Å². The smallest absolute Gasteiger partial charge is 0.262 e. The molecule has 1 heterocycles. The number of fused-ring (bicyclic) bond motifs is 1. The molecule has 1 aliphatic rings. The number of benzene rings is 1. The molecule has 1 aromatic carbocycles. The number of halogens is 3. The van der Waals surface area contributed by atoms with Crippen LogP contribution >= 0.6 is 23.2 Å². The summed E-state index contributed by atoms with van der Waals surface area (Å²) in [4.78, 5) is 16.6. The molecule has 3 N–H and O–H groups in total. The number of nitrogens with one attached hydrogen (secondary N) is 1. The summed E-state index contributed by atoms with van der Waals surface area (Å²) in [5.74, 6) is -0.804.